The van der Waals surface area contributed by atoms with Crippen LogP contribution in [0.2, 0.25) is 0 Å². The smallest absolute Gasteiger partial charge is 0.392 e. The summed E-state index contributed by atoms with van der Waals surface area (Å²) in [5.74, 6) is -0.0986. The van der Waals surface area contributed by atoms with Crippen LogP contribution >= 0.6 is 0 Å². The largest absolute Gasteiger partial charge is 0.416 e. The second-order valence-corrected chi connectivity index (χ2v) is 10.6. The standard InChI is InChI=1S/C33H34F4N2O/c1-38-39-30(20-22-7-3-2-4-8-22)29(21-40)31(24-13-17-27(34)18-14-24)28(32(39)25-9-5-6-10-25)19-23-11-15-26(16-12-23)33(35,36)37/h2-4,7-8,11-18,25,30,38,40H,5-6,9-10,19-21H2,1H3. The number of hydrogen-bond donors (Lipinski definition) is 2. The van der Waals surface area contributed by atoms with E-state index >= 15 is 0 Å². The van der Waals surface area contributed by atoms with E-state index in [-0.39, 0.29) is 24.4 Å². The summed E-state index contributed by atoms with van der Waals surface area (Å²) >= 11 is 0. The second-order valence-electron chi connectivity index (χ2n) is 10.6. The molecule has 1 saturated carbocycles. The lowest BCUT2D eigenvalue weighted by atomic mass is 9.78. The summed E-state index contributed by atoms with van der Waals surface area (Å²) < 4.78 is 53.9. The average molecular weight is 551 g/mol. The van der Waals surface area contributed by atoms with Gasteiger partial charge in [0.2, 0.25) is 0 Å². The first-order valence-corrected chi connectivity index (χ1v) is 13.8. The molecule has 1 atom stereocenters. The lowest BCUT2D eigenvalue weighted by Crippen LogP contribution is -2.50. The highest BCUT2D eigenvalue weighted by Crippen LogP contribution is 2.46. The van der Waals surface area contributed by atoms with E-state index in [9.17, 15) is 22.7 Å². The van der Waals surface area contributed by atoms with Gasteiger partial charge in [-0.05, 0) is 83.4 Å². The number of nitrogens with one attached hydrogen (secondary N) is 1. The van der Waals surface area contributed by atoms with Gasteiger partial charge in [-0.2, -0.15) is 13.2 Å². The highest BCUT2D eigenvalue weighted by atomic mass is 19.4. The van der Waals surface area contributed by atoms with Crippen molar-refractivity contribution in [2.45, 2.75) is 50.7 Å². The first-order valence-electron chi connectivity index (χ1n) is 13.8. The van der Waals surface area contributed by atoms with Crippen LogP contribution in [0.25, 0.3) is 5.57 Å². The highest BCUT2D eigenvalue weighted by Gasteiger charge is 2.39. The summed E-state index contributed by atoms with van der Waals surface area (Å²) in [6.45, 7) is -0.211. The molecule has 3 aromatic rings. The van der Waals surface area contributed by atoms with Gasteiger partial charge in [-0.15, -0.1) is 0 Å². The summed E-state index contributed by atoms with van der Waals surface area (Å²) in [5.41, 5.74) is 9.10. The Morgan fingerprint density at radius 1 is 0.875 bits per heavy atom. The third kappa shape index (κ3) is 5.86. The van der Waals surface area contributed by atoms with E-state index in [1.165, 1.54) is 24.3 Å². The minimum atomic E-state index is -4.41. The lowest BCUT2D eigenvalue weighted by Gasteiger charge is -2.45. The van der Waals surface area contributed by atoms with Crippen molar-refractivity contribution in [1.82, 2.24) is 10.4 Å². The molecule has 0 spiro atoms. The van der Waals surface area contributed by atoms with Crippen LogP contribution in [-0.2, 0) is 19.0 Å². The first kappa shape index (κ1) is 28.1. The number of aliphatic hydroxyl groups is 1. The fourth-order valence-corrected chi connectivity index (χ4v) is 6.28. The number of benzene rings is 3. The molecule has 210 valence electrons. The first-order chi connectivity index (χ1) is 19.3. The molecule has 0 amide bonds. The summed E-state index contributed by atoms with van der Waals surface area (Å²) in [5, 5.41) is 13.0. The Morgan fingerprint density at radius 3 is 2.10 bits per heavy atom. The van der Waals surface area contributed by atoms with Crippen LogP contribution in [-0.4, -0.2) is 29.8 Å². The normalized spacial score (nSPS) is 18.6. The van der Waals surface area contributed by atoms with Crippen LogP contribution in [0.3, 0.4) is 0 Å². The Labute approximate surface area is 232 Å². The van der Waals surface area contributed by atoms with E-state index in [0.29, 0.717) is 12.8 Å². The Bertz CT molecular complexity index is 1360. The maximum absolute atomic E-state index is 14.0. The van der Waals surface area contributed by atoms with Crippen molar-refractivity contribution in [2.24, 2.45) is 5.92 Å². The molecule has 0 radical (unpaired) electrons. The number of hydrazine groups is 1. The van der Waals surface area contributed by atoms with Gasteiger partial charge in [0.25, 0.3) is 0 Å². The van der Waals surface area contributed by atoms with Crippen LogP contribution < -0.4 is 5.43 Å². The van der Waals surface area contributed by atoms with Crippen LogP contribution in [0.15, 0.2) is 95.7 Å². The monoisotopic (exact) mass is 550 g/mol. The topological polar surface area (TPSA) is 35.5 Å². The number of nitrogens with zero attached hydrogens (tertiary/aromatic N) is 1. The quantitative estimate of drug-likeness (QED) is 0.288. The Hall–Kier alpha value is -3.42. The van der Waals surface area contributed by atoms with Gasteiger partial charge < -0.3 is 10.1 Å². The van der Waals surface area contributed by atoms with Gasteiger partial charge >= 0.3 is 6.18 Å². The van der Waals surface area contributed by atoms with Gasteiger partial charge in [0, 0.05) is 18.7 Å². The Morgan fingerprint density at radius 2 is 1.52 bits per heavy atom. The van der Waals surface area contributed by atoms with Crippen molar-refractivity contribution in [3.05, 3.63) is 124 Å². The van der Waals surface area contributed by atoms with Crippen LogP contribution in [0, 0.1) is 11.7 Å². The number of hydrogen-bond acceptors (Lipinski definition) is 3. The SMILES string of the molecule is CNN1C(C2CCCC2)=C(Cc2ccc(C(F)(F)F)cc2)C(c2ccc(F)cc2)=C(CO)C1Cc1ccccc1. The predicted octanol–water partition coefficient (Wildman–Crippen LogP) is 7.34. The molecule has 2 aliphatic rings. The molecule has 40 heavy (non-hydrogen) atoms. The number of halogens is 4. The molecule has 2 N–H and O–H groups in total. The lowest BCUT2D eigenvalue weighted by molar-refractivity contribution is -0.137. The van der Waals surface area contributed by atoms with E-state index in [4.69, 9.17) is 0 Å². The molecule has 0 saturated heterocycles. The predicted molar refractivity (Wildman–Crippen MR) is 149 cm³/mol. The molecule has 1 unspecified atom stereocenters. The fraction of sp³-hybridized carbons (Fsp3) is 0.333. The Kier molecular flexibility index (Phi) is 8.43. The minimum absolute atomic E-state index is 0.204. The summed E-state index contributed by atoms with van der Waals surface area (Å²) in [7, 11) is 1.88. The van der Waals surface area contributed by atoms with Crippen LogP contribution in [0.1, 0.15) is 47.9 Å². The fourth-order valence-electron chi connectivity index (χ4n) is 6.28. The van der Waals surface area contributed by atoms with Crippen LogP contribution in [0.4, 0.5) is 17.6 Å². The van der Waals surface area contributed by atoms with E-state index in [2.05, 4.69) is 22.6 Å². The molecule has 3 nitrogen and oxygen atoms in total. The average Bonchev–Trinajstić information content (AvgIpc) is 3.49. The van der Waals surface area contributed by atoms with Gasteiger partial charge in [0.1, 0.15) is 5.82 Å². The van der Waals surface area contributed by atoms with E-state index in [1.807, 2.05) is 25.2 Å². The minimum Gasteiger partial charge on any atom is -0.392 e. The summed E-state index contributed by atoms with van der Waals surface area (Å²) in [6, 6.07) is 21.5. The molecule has 1 heterocycles. The molecular weight excluding hydrogens is 516 g/mol. The molecule has 1 aliphatic heterocycles. The van der Waals surface area contributed by atoms with E-state index < -0.39 is 11.7 Å². The zero-order valence-electron chi connectivity index (χ0n) is 22.5. The van der Waals surface area contributed by atoms with Crippen molar-refractivity contribution in [3.63, 3.8) is 0 Å². The molecule has 7 heteroatoms. The van der Waals surface area contributed by atoms with Crippen molar-refractivity contribution in [3.8, 4) is 0 Å². The summed E-state index contributed by atoms with van der Waals surface area (Å²) in [6.07, 6.45) is 0.841. The van der Waals surface area contributed by atoms with E-state index in [0.717, 1.165) is 76.9 Å². The molecule has 5 rings (SSSR count). The summed E-state index contributed by atoms with van der Waals surface area (Å²) in [4.78, 5) is 0. The van der Waals surface area contributed by atoms with Gasteiger partial charge in [-0.25, -0.2) is 9.82 Å². The van der Waals surface area contributed by atoms with Crippen molar-refractivity contribution in [1.29, 1.82) is 0 Å². The number of rotatable bonds is 8. The molecule has 3 aromatic carbocycles. The molecule has 0 aromatic heterocycles. The molecule has 1 aliphatic carbocycles. The van der Waals surface area contributed by atoms with Gasteiger partial charge in [-0.1, -0.05) is 67.4 Å². The Balaban J connectivity index is 1.70. The third-order valence-electron chi connectivity index (χ3n) is 8.13. The van der Waals surface area contributed by atoms with Gasteiger partial charge in [-0.3, -0.25) is 0 Å². The van der Waals surface area contributed by atoms with Crippen molar-refractivity contribution >= 4 is 5.57 Å². The molecular formula is C33H34F4N2O. The zero-order valence-corrected chi connectivity index (χ0v) is 22.5. The number of allylic oxidation sites excluding steroid dienone is 3. The third-order valence-corrected chi connectivity index (χ3v) is 8.13. The maximum Gasteiger partial charge on any atom is 0.416 e. The molecule has 1 fully saturated rings. The molecule has 0 bridgehead atoms. The maximum atomic E-state index is 14.0. The highest BCUT2D eigenvalue weighted by molar-refractivity contribution is 5.85. The van der Waals surface area contributed by atoms with Crippen LogP contribution in [0.5, 0.6) is 0 Å². The van der Waals surface area contributed by atoms with Crippen molar-refractivity contribution in [2.75, 3.05) is 13.7 Å². The number of aliphatic hydroxyl groups excluding tert-OH is 1. The zero-order chi connectivity index (χ0) is 28.3. The van der Waals surface area contributed by atoms with Crippen molar-refractivity contribution < 1.29 is 22.7 Å². The second kappa shape index (κ2) is 12.0. The van der Waals surface area contributed by atoms with E-state index in [1.54, 1.807) is 12.1 Å². The number of alkyl halides is 3. The van der Waals surface area contributed by atoms with Gasteiger partial charge in [0.15, 0.2) is 0 Å². The van der Waals surface area contributed by atoms with Gasteiger partial charge in [0.05, 0.1) is 18.2 Å².